The summed E-state index contributed by atoms with van der Waals surface area (Å²) < 4.78 is 0. The molecule has 1 heterocycles. The molecule has 4 rings (SSSR count). The van der Waals surface area contributed by atoms with Gasteiger partial charge < -0.3 is 0 Å². The number of amides is 2. The molecule has 2 fully saturated rings. The Kier molecular flexibility index (Phi) is 2.71. The van der Waals surface area contributed by atoms with Gasteiger partial charge in [0.2, 0.25) is 11.8 Å². The standard InChI is InChI=1S/C19H19NO2/c1-10(2)15-12-8-9-13(15)17-16(12)18(21)20(19(17)22)14-7-5-4-6-11(14)3/h4-9,12-13,16-17H,1-3H3/t12-,13-,16-,17-/m1/s1. The number of benzene rings is 1. The lowest BCUT2D eigenvalue weighted by Gasteiger charge is -2.20. The number of rotatable bonds is 1. The van der Waals surface area contributed by atoms with Gasteiger partial charge in [0.25, 0.3) is 0 Å². The van der Waals surface area contributed by atoms with Crippen LogP contribution < -0.4 is 4.90 Å². The third-order valence-corrected chi connectivity index (χ3v) is 5.35. The van der Waals surface area contributed by atoms with Crippen LogP contribution in [0.5, 0.6) is 0 Å². The normalized spacial score (nSPS) is 32.1. The van der Waals surface area contributed by atoms with Crippen LogP contribution in [0.4, 0.5) is 5.69 Å². The van der Waals surface area contributed by atoms with Gasteiger partial charge in [-0.15, -0.1) is 0 Å². The molecule has 3 aliphatic rings. The number of carbonyl (C=O) groups excluding carboxylic acids is 2. The first-order valence-corrected chi connectivity index (χ1v) is 7.81. The van der Waals surface area contributed by atoms with Crippen LogP contribution in [0.1, 0.15) is 19.4 Å². The quantitative estimate of drug-likeness (QED) is 0.589. The Balaban J connectivity index is 1.80. The van der Waals surface area contributed by atoms with Crippen LogP contribution in [0.2, 0.25) is 0 Å². The van der Waals surface area contributed by atoms with Crippen molar-refractivity contribution in [2.24, 2.45) is 23.7 Å². The van der Waals surface area contributed by atoms with E-state index in [1.54, 1.807) is 0 Å². The van der Waals surface area contributed by atoms with E-state index < -0.39 is 0 Å². The molecule has 1 aliphatic heterocycles. The Hall–Kier alpha value is -2.16. The van der Waals surface area contributed by atoms with E-state index >= 15 is 0 Å². The lowest BCUT2D eigenvalue weighted by molar-refractivity contribution is -0.122. The summed E-state index contributed by atoms with van der Waals surface area (Å²) in [5.41, 5.74) is 4.25. The molecule has 0 spiro atoms. The van der Waals surface area contributed by atoms with Crippen molar-refractivity contribution in [3.8, 4) is 0 Å². The first kappa shape index (κ1) is 13.5. The van der Waals surface area contributed by atoms with E-state index in [0.717, 1.165) is 11.3 Å². The van der Waals surface area contributed by atoms with Gasteiger partial charge >= 0.3 is 0 Å². The minimum atomic E-state index is -0.202. The summed E-state index contributed by atoms with van der Waals surface area (Å²) >= 11 is 0. The average molecular weight is 293 g/mol. The Morgan fingerprint density at radius 2 is 1.50 bits per heavy atom. The summed E-state index contributed by atoms with van der Waals surface area (Å²) in [6.45, 7) is 6.10. The predicted molar refractivity (Wildman–Crippen MR) is 85.1 cm³/mol. The largest absolute Gasteiger partial charge is 0.274 e. The van der Waals surface area contributed by atoms with Crippen LogP contribution >= 0.6 is 0 Å². The second kappa shape index (κ2) is 4.42. The highest BCUT2D eigenvalue weighted by Gasteiger charge is 2.61. The van der Waals surface area contributed by atoms with Crippen molar-refractivity contribution in [2.45, 2.75) is 20.8 Å². The van der Waals surface area contributed by atoms with Crippen LogP contribution in [0.25, 0.3) is 0 Å². The van der Waals surface area contributed by atoms with Gasteiger partial charge in [0.15, 0.2) is 0 Å². The minimum absolute atomic E-state index is 0.0279. The van der Waals surface area contributed by atoms with Crippen molar-refractivity contribution >= 4 is 17.5 Å². The van der Waals surface area contributed by atoms with E-state index in [1.165, 1.54) is 16.0 Å². The second-order valence-electron chi connectivity index (χ2n) is 6.74. The molecule has 2 bridgehead atoms. The molecular formula is C19H19NO2. The fraction of sp³-hybridized carbons (Fsp3) is 0.368. The van der Waals surface area contributed by atoms with Crippen molar-refractivity contribution in [3.05, 3.63) is 53.1 Å². The Bertz CT molecular complexity index is 720. The zero-order chi connectivity index (χ0) is 15.6. The zero-order valence-electron chi connectivity index (χ0n) is 13.0. The van der Waals surface area contributed by atoms with Gasteiger partial charge in [-0.2, -0.15) is 0 Å². The number of carbonyl (C=O) groups is 2. The van der Waals surface area contributed by atoms with Gasteiger partial charge in [0.1, 0.15) is 0 Å². The lowest BCUT2D eigenvalue weighted by Crippen LogP contribution is -2.33. The molecule has 4 atom stereocenters. The van der Waals surface area contributed by atoms with Crippen LogP contribution in [0, 0.1) is 30.6 Å². The smallest absolute Gasteiger partial charge is 0.238 e. The number of allylic oxidation sites excluding steroid dienone is 4. The van der Waals surface area contributed by atoms with E-state index in [9.17, 15) is 9.59 Å². The molecule has 3 nitrogen and oxygen atoms in total. The zero-order valence-corrected chi connectivity index (χ0v) is 13.0. The summed E-state index contributed by atoms with van der Waals surface area (Å²) in [6.07, 6.45) is 4.25. The highest BCUT2D eigenvalue weighted by atomic mass is 16.2. The van der Waals surface area contributed by atoms with Crippen molar-refractivity contribution in [3.63, 3.8) is 0 Å². The molecule has 0 unspecified atom stereocenters. The van der Waals surface area contributed by atoms with E-state index in [1.807, 2.05) is 31.2 Å². The number of fused-ring (bicyclic) bond motifs is 5. The molecule has 0 aromatic heterocycles. The fourth-order valence-electron chi connectivity index (χ4n) is 4.48. The predicted octanol–water partition coefficient (Wildman–Crippen LogP) is 3.25. The maximum absolute atomic E-state index is 13.0. The molecule has 2 aliphatic carbocycles. The number of hydrogen-bond donors (Lipinski definition) is 0. The summed E-state index contributed by atoms with van der Waals surface area (Å²) in [6, 6.07) is 7.62. The van der Waals surface area contributed by atoms with Crippen LogP contribution in [-0.2, 0) is 9.59 Å². The molecule has 1 aromatic carbocycles. The molecule has 0 N–H and O–H groups in total. The molecule has 1 aromatic rings. The van der Waals surface area contributed by atoms with Crippen LogP contribution in [0.3, 0.4) is 0 Å². The van der Waals surface area contributed by atoms with Gasteiger partial charge in [-0.25, -0.2) is 4.90 Å². The van der Waals surface area contributed by atoms with Gasteiger partial charge in [-0.05, 0) is 32.4 Å². The molecule has 1 saturated carbocycles. The summed E-state index contributed by atoms with van der Waals surface area (Å²) in [7, 11) is 0. The number of nitrogens with zero attached hydrogens (tertiary/aromatic N) is 1. The molecule has 2 amide bonds. The van der Waals surface area contributed by atoms with Gasteiger partial charge in [-0.3, -0.25) is 9.59 Å². The highest BCUT2D eigenvalue weighted by Crippen LogP contribution is 2.57. The van der Waals surface area contributed by atoms with Crippen LogP contribution in [-0.4, -0.2) is 11.8 Å². The molecular weight excluding hydrogens is 274 g/mol. The fourth-order valence-corrected chi connectivity index (χ4v) is 4.48. The lowest BCUT2D eigenvalue weighted by atomic mass is 9.85. The topological polar surface area (TPSA) is 37.4 Å². The second-order valence-corrected chi connectivity index (χ2v) is 6.74. The third kappa shape index (κ3) is 1.51. The van der Waals surface area contributed by atoms with Gasteiger partial charge in [-0.1, -0.05) is 41.5 Å². The van der Waals surface area contributed by atoms with E-state index in [-0.39, 0.29) is 35.5 Å². The number of imide groups is 1. The summed E-state index contributed by atoms with van der Waals surface area (Å²) in [4.78, 5) is 27.3. The molecule has 22 heavy (non-hydrogen) atoms. The summed E-state index contributed by atoms with van der Waals surface area (Å²) in [5, 5.41) is 0. The maximum atomic E-state index is 13.0. The Morgan fingerprint density at radius 1 is 0.955 bits per heavy atom. The SMILES string of the molecule is CC(C)=C1[C@H]2C=C[C@H]1[C@H]1C(=O)N(c3ccccc3C)C(=O)[C@@H]12. The molecule has 1 saturated heterocycles. The number of hydrogen-bond acceptors (Lipinski definition) is 2. The van der Waals surface area contributed by atoms with Crippen molar-refractivity contribution in [1.82, 2.24) is 0 Å². The average Bonchev–Trinajstić information content (AvgIpc) is 3.11. The maximum Gasteiger partial charge on any atom is 0.238 e. The Morgan fingerprint density at radius 3 is 2.00 bits per heavy atom. The molecule has 112 valence electrons. The number of para-hydroxylation sites is 1. The monoisotopic (exact) mass is 293 g/mol. The van der Waals surface area contributed by atoms with Crippen molar-refractivity contribution < 1.29 is 9.59 Å². The molecule has 0 radical (unpaired) electrons. The first-order valence-electron chi connectivity index (χ1n) is 7.81. The third-order valence-electron chi connectivity index (χ3n) is 5.35. The molecule has 3 heteroatoms. The van der Waals surface area contributed by atoms with Gasteiger partial charge in [0, 0.05) is 11.8 Å². The highest BCUT2D eigenvalue weighted by molar-refractivity contribution is 6.23. The van der Waals surface area contributed by atoms with Crippen molar-refractivity contribution in [2.75, 3.05) is 4.90 Å². The minimum Gasteiger partial charge on any atom is -0.274 e. The number of aryl methyl sites for hydroxylation is 1. The van der Waals surface area contributed by atoms with E-state index in [2.05, 4.69) is 26.0 Å². The van der Waals surface area contributed by atoms with Crippen molar-refractivity contribution in [1.29, 1.82) is 0 Å². The van der Waals surface area contributed by atoms with Crippen LogP contribution in [0.15, 0.2) is 47.6 Å². The van der Waals surface area contributed by atoms with Gasteiger partial charge in [0.05, 0.1) is 17.5 Å². The summed E-state index contributed by atoms with van der Waals surface area (Å²) in [5.74, 6) is -0.227. The number of anilines is 1. The Labute approximate surface area is 130 Å². The first-order chi connectivity index (χ1) is 10.5. The van der Waals surface area contributed by atoms with E-state index in [4.69, 9.17) is 0 Å². The van der Waals surface area contributed by atoms with E-state index in [0.29, 0.717) is 0 Å².